The second-order valence-corrected chi connectivity index (χ2v) is 7.82. The van der Waals surface area contributed by atoms with Gasteiger partial charge in [-0.1, -0.05) is 61.7 Å². The van der Waals surface area contributed by atoms with Crippen LogP contribution in [0.5, 0.6) is 0 Å². The summed E-state index contributed by atoms with van der Waals surface area (Å²) in [5.41, 5.74) is 1.71. The molecule has 2 aromatic carbocycles. The van der Waals surface area contributed by atoms with Gasteiger partial charge in [0.05, 0.1) is 11.1 Å². The number of fused-ring (bicyclic) bond motifs is 1. The zero-order chi connectivity index (χ0) is 20.2. The molecule has 0 aliphatic carbocycles. The molecule has 2 aromatic rings. The minimum atomic E-state index is -0.816. The van der Waals surface area contributed by atoms with Gasteiger partial charge in [-0.25, -0.2) is 0 Å². The molecule has 2 aliphatic rings. The van der Waals surface area contributed by atoms with Gasteiger partial charge in [0, 0.05) is 19.5 Å². The lowest BCUT2D eigenvalue weighted by atomic mass is 10.0. The van der Waals surface area contributed by atoms with E-state index in [0.717, 1.165) is 31.2 Å². The van der Waals surface area contributed by atoms with E-state index in [1.807, 2.05) is 35.2 Å². The number of hydrogen-bond donors (Lipinski definition) is 0. The van der Waals surface area contributed by atoms with E-state index in [1.165, 1.54) is 11.3 Å². The van der Waals surface area contributed by atoms with Gasteiger partial charge in [0.25, 0.3) is 11.8 Å². The number of rotatable bonds is 4. The molecule has 29 heavy (non-hydrogen) atoms. The first kappa shape index (κ1) is 19.4. The lowest BCUT2D eigenvalue weighted by molar-refractivity contribution is -0.135. The van der Waals surface area contributed by atoms with Gasteiger partial charge in [-0.3, -0.25) is 19.3 Å². The first-order valence-corrected chi connectivity index (χ1v) is 10.5. The molecule has 5 heteroatoms. The minimum Gasteiger partial charge on any atom is -0.341 e. The molecule has 0 radical (unpaired) electrons. The maximum atomic E-state index is 13.6. The number of imide groups is 1. The number of hydrogen-bond acceptors (Lipinski definition) is 3. The molecule has 0 N–H and O–H groups in total. The van der Waals surface area contributed by atoms with Gasteiger partial charge in [0.1, 0.15) is 6.04 Å². The van der Waals surface area contributed by atoms with E-state index in [-0.39, 0.29) is 17.7 Å². The van der Waals surface area contributed by atoms with Gasteiger partial charge < -0.3 is 4.90 Å². The molecule has 150 valence electrons. The molecule has 1 fully saturated rings. The van der Waals surface area contributed by atoms with Crippen molar-refractivity contribution in [2.75, 3.05) is 13.1 Å². The Morgan fingerprint density at radius 3 is 1.86 bits per heavy atom. The fourth-order valence-corrected chi connectivity index (χ4v) is 4.30. The van der Waals surface area contributed by atoms with Crippen LogP contribution in [0.1, 0.15) is 58.4 Å². The van der Waals surface area contributed by atoms with Crippen molar-refractivity contribution in [2.24, 2.45) is 0 Å². The van der Waals surface area contributed by atoms with E-state index in [4.69, 9.17) is 0 Å². The fourth-order valence-electron chi connectivity index (χ4n) is 4.30. The Balaban J connectivity index is 1.66. The molecule has 2 aliphatic heterocycles. The third-order valence-electron chi connectivity index (χ3n) is 5.86. The third-order valence-corrected chi connectivity index (χ3v) is 5.86. The van der Waals surface area contributed by atoms with Gasteiger partial charge in [-0.2, -0.15) is 0 Å². The van der Waals surface area contributed by atoms with Crippen LogP contribution in [-0.4, -0.2) is 46.7 Å². The number of likely N-dealkylation sites (tertiary alicyclic amines) is 1. The van der Waals surface area contributed by atoms with Crippen LogP contribution in [0.2, 0.25) is 0 Å². The summed E-state index contributed by atoms with van der Waals surface area (Å²) in [6.45, 7) is 1.38. The Labute approximate surface area is 171 Å². The van der Waals surface area contributed by atoms with Crippen LogP contribution in [0.3, 0.4) is 0 Å². The number of carbonyl (C=O) groups is 3. The first-order valence-electron chi connectivity index (χ1n) is 10.5. The standard InChI is InChI=1S/C24H26N2O3/c27-22-19-13-7-8-14-20(19)23(28)26(22)21(17-18-11-5-4-6-12-18)24(29)25-15-9-2-1-3-10-16-25/h4-8,11-14,21H,1-3,9-10,15-17H2/t21-/m0/s1. The maximum Gasteiger partial charge on any atom is 0.262 e. The van der Waals surface area contributed by atoms with Crippen molar-refractivity contribution in [1.82, 2.24) is 9.80 Å². The number of benzene rings is 2. The van der Waals surface area contributed by atoms with Crippen LogP contribution in [0.15, 0.2) is 54.6 Å². The SMILES string of the molecule is O=C([C@H](Cc1ccccc1)N1C(=O)c2ccccc2C1=O)N1CCCCCCC1. The summed E-state index contributed by atoms with van der Waals surface area (Å²) in [4.78, 5) is 42.8. The third kappa shape index (κ3) is 3.95. The van der Waals surface area contributed by atoms with E-state index in [9.17, 15) is 14.4 Å². The quantitative estimate of drug-likeness (QED) is 0.748. The van der Waals surface area contributed by atoms with Gasteiger partial charge >= 0.3 is 0 Å². The Morgan fingerprint density at radius 2 is 1.28 bits per heavy atom. The van der Waals surface area contributed by atoms with Crippen LogP contribution < -0.4 is 0 Å². The van der Waals surface area contributed by atoms with E-state index in [0.29, 0.717) is 30.6 Å². The summed E-state index contributed by atoms with van der Waals surface area (Å²) in [5.74, 6) is -0.857. The predicted octanol–water partition coefficient (Wildman–Crippen LogP) is 3.69. The fraction of sp³-hybridized carbons (Fsp3) is 0.375. The first-order chi connectivity index (χ1) is 14.2. The summed E-state index contributed by atoms with van der Waals surface area (Å²) in [6, 6.07) is 15.6. The second-order valence-electron chi connectivity index (χ2n) is 7.82. The van der Waals surface area contributed by atoms with E-state index < -0.39 is 6.04 Å². The Hall–Kier alpha value is -2.95. The van der Waals surface area contributed by atoms with Crippen molar-refractivity contribution in [2.45, 2.75) is 44.6 Å². The second kappa shape index (κ2) is 8.60. The summed E-state index contributed by atoms with van der Waals surface area (Å²) in [5, 5.41) is 0. The van der Waals surface area contributed by atoms with Crippen LogP contribution in [-0.2, 0) is 11.2 Å². The highest BCUT2D eigenvalue weighted by Crippen LogP contribution is 2.27. The van der Waals surface area contributed by atoms with Crippen molar-refractivity contribution in [1.29, 1.82) is 0 Å². The van der Waals surface area contributed by atoms with Gasteiger partial charge in [-0.05, 0) is 30.5 Å². The maximum absolute atomic E-state index is 13.6. The molecule has 0 saturated carbocycles. The number of nitrogens with zero attached hydrogens (tertiary/aromatic N) is 2. The largest absolute Gasteiger partial charge is 0.341 e. The molecule has 0 aromatic heterocycles. The Bertz CT molecular complexity index is 866. The molecule has 4 rings (SSSR count). The molecule has 0 unspecified atom stereocenters. The number of amides is 3. The Kier molecular flexibility index (Phi) is 5.74. The van der Waals surface area contributed by atoms with Crippen molar-refractivity contribution in [3.05, 3.63) is 71.3 Å². The molecular formula is C24H26N2O3. The van der Waals surface area contributed by atoms with Crippen molar-refractivity contribution >= 4 is 17.7 Å². The van der Waals surface area contributed by atoms with Crippen LogP contribution >= 0.6 is 0 Å². The lowest BCUT2D eigenvalue weighted by Crippen LogP contribution is -2.52. The van der Waals surface area contributed by atoms with Crippen LogP contribution in [0, 0.1) is 0 Å². The van der Waals surface area contributed by atoms with E-state index in [1.54, 1.807) is 24.3 Å². The summed E-state index contributed by atoms with van der Waals surface area (Å²) >= 11 is 0. The summed E-state index contributed by atoms with van der Waals surface area (Å²) in [7, 11) is 0. The number of carbonyl (C=O) groups excluding carboxylic acids is 3. The highest BCUT2D eigenvalue weighted by Gasteiger charge is 2.43. The molecular weight excluding hydrogens is 364 g/mol. The average Bonchev–Trinajstić information content (AvgIpc) is 2.97. The summed E-state index contributed by atoms with van der Waals surface area (Å²) in [6.07, 6.45) is 5.69. The topological polar surface area (TPSA) is 57.7 Å². The molecule has 1 saturated heterocycles. The van der Waals surface area contributed by atoms with Crippen molar-refractivity contribution < 1.29 is 14.4 Å². The lowest BCUT2D eigenvalue weighted by Gasteiger charge is -2.32. The molecule has 2 heterocycles. The molecule has 1 atom stereocenters. The normalized spacial score (nSPS) is 18.2. The molecule has 0 bridgehead atoms. The highest BCUT2D eigenvalue weighted by molar-refractivity contribution is 6.22. The van der Waals surface area contributed by atoms with Crippen molar-refractivity contribution in [3.63, 3.8) is 0 Å². The van der Waals surface area contributed by atoms with Gasteiger partial charge in [-0.15, -0.1) is 0 Å². The minimum absolute atomic E-state index is 0.120. The zero-order valence-electron chi connectivity index (χ0n) is 16.5. The molecule has 5 nitrogen and oxygen atoms in total. The monoisotopic (exact) mass is 390 g/mol. The molecule has 0 spiro atoms. The van der Waals surface area contributed by atoms with Gasteiger partial charge in [0.15, 0.2) is 0 Å². The summed E-state index contributed by atoms with van der Waals surface area (Å²) < 4.78 is 0. The van der Waals surface area contributed by atoms with Crippen LogP contribution in [0.25, 0.3) is 0 Å². The van der Waals surface area contributed by atoms with Crippen molar-refractivity contribution in [3.8, 4) is 0 Å². The van der Waals surface area contributed by atoms with Crippen LogP contribution in [0.4, 0.5) is 0 Å². The smallest absolute Gasteiger partial charge is 0.262 e. The van der Waals surface area contributed by atoms with Gasteiger partial charge in [0.2, 0.25) is 5.91 Å². The Morgan fingerprint density at radius 1 is 0.759 bits per heavy atom. The average molecular weight is 390 g/mol. The van der Waals surface area contributed by atoms with E-state index in [2.05, 4.69) is 0 Å². The predicted molar refractivity (Wildman–Crippen MR) is 111 cm³/mol. The molecule has 3 amide bonds. The highest BCUT2D eigenvalue weighted by atomic mass is 16.2. The van der Waals surface area contributed by atoms with E-state index >= 15 is 0 Å². The zero-order valence-corrected chi connectivity index (χ0v) is 16.5.